The molecule has 6 nitrogen and oxygen atoms in total. The van der Waals surface area contributed by atoms with Gasteiger partial charge in [0.15, 0.2) is 0 Å². The average Bonchev–Trinajstić information content (AvgIpc) is 3.23. The summed E-state index contributed by atoms with van der Waals surface area (Å²) in [6.45, 7) is -0.0719. The molecule has 2 amide bonds. The van der Waals surface area contributed by atoms with E-state index < -0.39 is 6.04 Å². The van der Waals surface area contributed by atoms with Crippen LogP contribution in [0.2, 0.25) is 0 Å². The zero-order valence-corrected chi connectivity index (χ0v) is 17.9. The maximum absolute atomic E-state index is 13.6. The summed E-state index contributed by atoms with van der Waals surface area (Å²) in [6.07, 6.45) is 2.10. The molecule has 2 aliphatic heterocycles. The second kappa shape index (κ2) is 7.74. The Morgan fingerprint density at radius 1 is 0.879 bits per heavy atom. The lowest BCUT2D eigenvalue weighted by atomic mass is 9.86. The second-order valence-electron chi connectivity index (χ2n) is 8.45. The van der Waals surface area contributed by atoms with Gasteiger partial charge in [0.05, 0.1) is 12.3 Å². The third-order valence-corrected chi connectivity index (χ3v) is 6.51. The van der Waals surface area contributed by atoms with Crippen LogP contribution in [0.5, 0.6) is 0 Å². The second-order valence-corrected chi connectivity index (χ2v) is 8.45. The molecule has 1 aromatic heterocycles. The SMILES string of the molecule is O=C1[C@@H]2Cc3c([nH]c4ccccc34)C(c3ccccc3)N2C(=O)CN1/N=C/c1ccccc1. The van der Waals surface area contributed by atoms with Gasteiger partial charge < -0.3 is 9.88 Å². The molecule has 1 unspecified atom stereocenters. The monoisotopic (exact) mass is 434 g/mol. The summed E-state index contributed by atoms with van der Waals surface area (Å²) in [5.41, 5.74) is 4.96. The van der Waals surface area contributed by atoms with E-state index in [0.29, 0.717) is 6.42 Å². The lowest BCUT2D eigenvalue weighted by molar-refractivity contribution is -0.158. The Kier molecular flexibility index (Phi) is 4.57. The van der Waals surface area contributed by atoms with E-state index >= 15 is 0 Å². The Morgan fingerprint density at radius 3 is 2.36 bits per heavy atom. The molecule has 0 bridgehead atoms. The fraction of sp³-hybridized carbons (Fsp3) is 0.148. The molecule has 1 N–H and O–H groups in total. The van der Waals surface area contributed by atoms with E-state index in [1.165, 1.54) is 5.01 Å². The maximum atomic E-state index is 13.6. The van der Waals surface area contributed by atoms with Gasteiger partial charge in [-0.15, -0.1) is 0 Å². The third-order valence-electron chi connectivity index (χ3n) is 6.51. The van der Waals surface area contributed by atoms with Crippen molar-refractivity contribution in [3.63, 3.8) is 0 Å². The smallest absolute Gasteiger partial charge is 0.266 e. The van der Waals surface area contributed by atoms with E-state index in [0.717, 1.165) is 33.3 Å². The number of amides is 2. The number of rotatable bonds is 3. The van der Waals surface area contributed by atoms with Gasteiger partial charge in [-0.2, -0.15) is 5.10 Å². The highest BCUT2D eigenvalue weighted by Crippen LogP contribution is 2.42. The summed E-state index contributed by atoms with van der Waals surface area (Å²) in [6, 6.07) is 26.7. The molecule has 0 aliphatic carbocycles. The lowest BCUT2D eigenvalue weighted by Crippen LogP contribution is -2.61. The lowest BCUT2D eigenvalue weighted by Gasteiger charge is -2.45. The van der Waals surface area contributed by atoms with Crippen LogP contribution in [0.15, 0.2) is 90.0 Å². The number of nitrogens with zero attached hydrogens (tertiary/aromatic N) is 3. The predicted molar refractivity (Wildman–Crippen MR) is 127 cm³/mol. The molecule has 3 heterocycles. The van der Waals surface area contributed by atoms with Crippen molar-refractivity contribution in [1.82, 2.24) is 14.9 Å². The predicted octanol–water partition coefficient (Wildman–Crippen LogP) is 3.89. The quantitative estimate of drug-likeness (QED) is 0.497. The van der Waals surface area contributed by atoms with E-state index in [2.05, 4.69) is 16.2 Å². The van der Waals surface area contributed by atoms with Gasteiger partial charge in [0.2, 0.25) is 5.91 Å². The highest BCUT2D eigenvalue weighted by Gasteiger charge is 2.48. The van der Waals surface area contributed by atoms with E-state index in [-0.39, 0.29) is 24.4 Å². The van der Waals surface area contributed by atoms with Crippen LogP contribution in [0.3, 0.4) is 0 Å². The summed E-state index contributed by atoms with van der Waals surface area (Å²) < 4.78 is 0. The Bertz CT molecular complexity index is 1380. The normalized spacial score (nSPS) is 20.4. The van der Waals surface area contributed by atoms with E-state index in [9.17, 15) is 9.59 Å². The molecule has 4 aromatic rings. The standard InChI is InChI=1S/C27H22N4O2/c32-24-17-30(28-16-18-9-3-1-4-10-18)27(33)23-15-21-20-13-7-8-14-22(20)29-25(21)26(31(23)24)19-11-5-2-6-12-19/h1-14,16,23,26,29H,15,17H2/b28-16+/t23-,26?/m0/s1. The third kappa shape index (κ3) is 3.22. The highest BCUT2D eigenvalue weighted by atomic mass is 16.2. The Hall–Kier alpha value is -4.19. The van der Waals surface area contributed by atoms with Gasteiger partial charge in [0.25, 0.3) is 5.91 Å². The molecule has 0 spiro atoms. The van der Waals surface area contributed by atoms with Crippen LogP contribution in [0.4, 0.5) is 0 Å². The highest BCUT2D eigenvalue weighted by molar-refractivity contribution is 5.98. The number of aromatic amines is 1. The number of fused-ring (bicyclic) bond motifs is 4. The molecule has 2 aliphatic rings. The first-order chi connectivity index (χ1) is 16.2. The van der Waals surface area contributed by atoms with Crippen molar-refractivity contribution in [2.75, 3.05) is 6.54 Å². The van der Waals surface area contributed by atoms with Crippen LogP contribution in [0.1, 0.15) is 28.4 Å². The fourth-order valence-corrected chi connectivity index (χ4v) is 5.00. The Balaban J connectivity index is 1.44. The van der Waals surface area contributed by atoms with Crippen molar-refractivity contribution in [2.45, 2.75) is 18.5 Å². The summed E-state index contributed by atoms with van der Waals surface area (Å²) in [7, 11) is 0. The molecule has 2 atom stereocenters. The zero-order valence-electron chi connectivity index (χ0n) is 17.9. The summed E-state index contributed by atoms with van der Waals surface area (Å²) in [4.78, 5) is 32.3. The summed E-state index contributed by atoms with van der Waals surface area (Å²) in [5, 5.41) is 6.80. The van der Waals surface area contributed by atoms with Crippen LogP contribution in [-0.2, 0) is 16.0 Å². The topological polar surface area (TPSA) is 68.8 Å². The summed E-state index contributed by atoms with van der Waals surface area (Å²) >= 11 is 0. The van der Waals surface area contributed by atoms with Crippen molar-refractivity contribution in [2.24, 2.45) is 5.10 Å². The number of piperazine rings is 1. The molecule has 0 saturated carbocycles. The van der Waals surface area contributed by atoms with Crippen LogP contribution in [0.25, 0.3) is 10.9 Å². The van der Waals surface area contributed by atoms with E-state index in [4.69, 9.17) is 0 Å². The minimum Gasteiger partial charge on any atom is -0.356 e. The number of aromatic nitrogens is 1. The van der Waals surface area contributed by atoms with Crippen molar-refractivity contribution >= 4 is 28.9 Å². The number of hydrogen-bond acceptors (Lipinski definition) is 3. The maximum Gasteiger partial charge on any atom is 0.266 e. The van der Waals surface area contributed by atoms with Crippen molar-refractivity contribution in [3.8, 4) is 0 Å². The first-order valence-electron chi connectivity index (χ1n) is 11.1. The molecule has 3 aromatic carbocycles. The summed E-state index contributed by atoms with van der Waals surface area (Å²) in [5.74, 6) is -0.262. The van der Waals surface area contributed by atoms with Gasteiger partial charge in [-0.1, -0.05) is 78.9 Å². The van der Waals surface area contributed by atoms with Crippen molar-refractivity contribution < 1.29 is 9.59 Å². The van der Waals surface area contributed by atoms with Crippen LogP contribution < -0.4 is 0 Å². The first kappa shape index (κ1) is 19.5. The van der Waals surface area contributed by atoms with Gasteiger partial charge in [0.1, 0.15) is 12.6 Å². The van der Waals surface area contributed by atoms with Crippen molar-refractivity contribution in [3.05, 3.63) is 107 Å². The van der Waals surface area contributed by atoms with E-state index in [1.54, 1.807) is 11.1 Å². The van der Waals surface area contributed by atoms with Crippen LogP contribution in [0, 0.1) is 0 Å². The number of H-pyrrole nitrogens is 1. The Labute approximate surface area is 191 Å². The Morgan fingerprint density at radius 2 is 1.58 bits per heavy atom. The average molecular weight is 434 g/mol. The van der Waals surface area contributed by atoms with Gasteiger partial charge in [-0.3, -0.25) is 9.59 Å². The molecule has 162 valence electrons. The number of para-hydroxylation sites is 1. The first-order valence-corrected chi connectivity index (χ1v) is 11.1. The molecular weight excluding hydrogens is 412 g/mol. The number of carbonyl (C=O) groups is 2. The largest absolute Gasteiger partial charge is 0.356 e. The number of carbonyl (C=O) groups excluding carboxylic acids is 2. The molecule has 6 heteroatoms. The molecule has 33 heavy (non-hydrogen) atoms. The molecule has 1 saturated heterocycles. The minimum absolute atomic E-state index is 0.0719. The number of benzene rings is 3. The zero-order chi connectivity index (χ0) is 22.4. The van der Waals surface area contributed by atoms with Gasteiger partial charge in [0, 0.05) is 23.0 Å². The molecule has 0 radical (unpaired) electrons. The fourth-order valence-electron chi connectivity index (χ4n) is 5.00. The van der Waals surface area contributed by atoms with Crippen LogP contribution >= 0.6 is 0 Å². The molecular formula is C27H22N4O2. The van der Waals surface area contributed by atoms with Crippen molar-refractivity contribution in [1.29, 1.82) is 0 Å². The van der Waals surface area contributed by atoms with Gasteiger partial charge in [-0.25, -0.2) is 5.01 Å². The molecule has 1 fully saturated rings. The minimum atomic E-state index is -0.601. The number of hydrogen-bond donors (Lipinski definition) is 1. The van der Waals surface area contributed by atoms with Gasteiger partial charge in [-0.05, 0) is 22.8 Å². The van der Waals surface area contributed by atoms with E-state index in [1.807, 2.05) is 78.9 Å². The molecule has 6 rings (SSSR count). The van der Waals surface area contributed by atoms with Gasteiger partial charge >= 0.3 is 0 Å². The van der Waals surface area contributed by atoms with Crippen LogP contribution in [-0.4, -0.2) is 45.5 Å². The number of nitrogens with one attached hydrogen (secondary N) is 1. The number of hydrazone groups is 1.